The van der Waals surface area contributed by atoms with Crippen molar-refractivity contribution >= 4 is 35.6 Å². The molecule has 7 heteroatoms. The monoisotopic (exact) mass is 303 g/mol. The number of thiophene rings is 1. The Labute approximate surface area is 122 Å². The summed E-state index contributed by atoms with van der Waals surface area (Å²) < 4.78 is 0. The topological polar surface area (TPSA) is 61.4 Å². The van der Waals surface area contributed by atoms with Gasteiger partial charge in [-0.1, -0.05) is 6.07 Å². The number of carbonyl (C=O) groups is 2. The molecule has 2 heterocycles. The first kappa shape index (κ1) is 15.9. The van der Waals surface area contributed by atoms with Crippen LogP contribution in [0.2, 0.25) is 0 Å². The van der Waals surface area contributed by atoms with Crippen LogP contribution in [0.25, 0.3) is 0 Å². The largest absolute Gasteiger partial charge is 0.352 e. The normalized spacial score (nSPS) is 18.7. The number of nitrogens with zero attached hydrogens (tertiary/aromatic N) is 1. The number of carbonyl (C=O) groups excluding carboxylic acids is 2. The van der Waals surface area contributed by atoms with Crippen LogP contribution in [0, 0.1) is 0 Å². The van der Waals surface area contributed by atoms with Crippen molar-refractivity contribution in [3.05, 3.63) is 22.4 Å². The molecule has 1 atom stereocenters. The Morgan fingerprint density at radius 1 is 1.63 bits per heavy atom. The van der Waals surface area contributed by atoms with Gasteiger partial charge in [-0.05, 0) is 18.5 Å². The molecular weight excluding hydrogens is 286 g/mol. The average Bonchev–Trinajstić information content (AvgIpc) is 2.89. The van der Waals surface area contributed by atoms with Gasteiger partial charge in [0.25, 0.3) is 0 Å². The summed E-state index contributed by atoms with van der Waals surface area (Å²) in [7, 11) is 1.81. The first-order valence-electron chi connectivity index (χ1n) is 5.99. The van der Waals surface area contributed by atoms with Gasteiger partial charge in [0, 0.05) is 30.9 Å². The molecule has 2 amide bonds. The summed E-state index contributed by atoms with van der Waals surface area (Å²) in [5.74, 6) is -0.0564. The summed E-state index contributed by atoms with van der Waals surface area (Å²) in [4.78, 5) is 26.7. The molecule has 0 spiro atoms. The van der Waals surface area contributed by atoms with E-state index in [-0.39, 0.29) is 24.2 Å². The van der Waals surface area contributed by atoms with Crippen LogP contribution in [-0.4, -0.2) is 43.4 Å². The zero-order chi connectivity index (χ0) is 13.0. The average molecular weight is 304 g/mol. The SMILES string of the molecule is CNCCC(=O)N1CCNC(=O)C1c1cccs1.Cl. The van der Waals surface area contributed by atoms with E-state index in [0.29, 0.717) is 26.1 Å². The molecule has 19 heavy (non-hydrogen) atoms. The van der Waals surface area contributed by atoms with Crippen LogP contribution in [0.4, 0.5) is 0 Å². The lowest BCUT2D eigenvalue weighted by Gasteiger charge is -2.34. The van der Waals surface area contributed by atoms with E-state index in [9.17, 15) is 9.59 Å². The molecule has 1 unspecified atom stereocenters. The Morgan fingerprint density at radius 3 is 3.05 bits per heavy atom. The summed E-state index contributed by atoms with van der Waals surface area (Å²) in [6, 6.07) is 3.35. The van der Waals surface area contributed by atoms with Gasteiger partial charge in [0.2, 0.25) is 11.8 Å². The molecule has 2 N–H and O–H groups in total. The molecule has 0 radical (unpaired) electrons. The molecule has 1 aliphatic heterocycles. The fourth-order valence-electron chi connectivity index (χ4n) is 2.04. The van der Waals surface area contributed by atoms with E-state index in [1.807, 2.05) is 24.6 Å². The van der Waals surface area contributed by atoms with Crippen molar-refractivity contribution in [1.29, 1.82) is 0 Å². The maximum atomic E-state index is 12.1. The predicted molar refractivity (Wildman–Crippen MR) is 77.6 cm³/mol. The third kappa shape index (κ3) is 3.68. The van der Waals surface area contributed by atoms with Crippen molar-refractivity contribution < 1.29 is 9.59 Å². The molecule has 106 valence electrons. The third-order valence-corrected chi connectivity index (χ3v) is 3.86. The fraction of sp³-hybridized carbons (Fsp3) is 0.500. The van der Waals surface area contributed by atoms with Gasteiger partial charge in [0.05, 0.1) is 0 Å². The summed E-state index contributed by atoms with van der Waals surface area (Å²) in [6.45, 7) is 1.75. The van der Waals surface area contributed by atoms with E-state index in [1.54, 1.807) is 4.90 Å². The summed E-state index contributed by atoms with van der Waals surface area (Å²) in [5.41, 5.74) is 0. The number of hydrogen-bond donors (Lipinski definition) is 2. The number of hydrogen-bond acceptors (Lipinski definition) is 4. The van der Waals surface area contributed by atoms with Crippen molar-refractivity contribution in [3.63, 3.8) is 0 Å². The summed E-state index contributed by atoms with van der Waals surface area (Å²) in [6.07, 6.45) is 0.422. The van der Waals surface area contributed by atoms with Crippen molar-refractivity contribution in [1.82, 2.24) is 15.5 Å². The molecule has 1 aromatic rings. The van der Waals surface area contributed by atoms with E-state index >= 15 is 0 Å². The van der Waals surface area contributed by atoms with Crippen molar-refractivity contribution in [2.75, 3.05) is 26.7 Å². The van der Waals surface area contributed by atoms with Crippen LogP contribution in [0.3, 0.4) is 0 Å². The lowest BCUT2D eigenvalue weighted by atomic mass is 10.1. The Hall–Kier alpha value is -1.11. The quantitative estimate of drug-likeness (QED) is 0.864. The van der Waals surface area contributed by atoms with Crippen LogP contribution < -0.4 is 10.6 Å². The lowest BCUT2D eigenvalue weighted by molar-refractivity contribution is -0.143. The fourth-order valence-corrected chi connectivity index (χ4v) is 2.88. The van der Waals surface area contributed by atoms with Gasteiger partial charge in [-0.3, -0.25) is 9.59 Å². The van der Waals surface area contributed by atoms with Crippen molar-refractivity contribution in [2.45, 2.75) is 12.5 Å². The second kappa shape index (κ2) is 7.47. The molecule has 1 aliphatic rings. The van der Waals surface area contributed by atoms with Gasteiger partial charge < -0.3 is 15.5 Å². The first-order chi connectivity index (χ1) is 8.74. The number of halogens is 1. The molecule has 5 nitrogen and oxygen atoms in total. The Bertz CT molecular complexity index is 425. The van der Waals surface area contributed by atoms with Gasteiger partial charge >= 0.3 is 0 Å². The zero-order valence-electron chi connectivity index (χ0n) is 10.7. The molecular formula is C12H18ClN3O2S. The first-order valence-corrected chi connectivity index (χ1v) is 6.87. The molecule has 0 saturated carbocycles. The van der Waals surface area contributed by atoms with E-state index in [4.69, 9.17) is 0 Å². The Morgan fingerprint density at radius 2 is 2.42 bits per heavy atom. The summed E-state index contributed by atoms with van der Waals surface area (Å²) in [5, 5.41) is 7.70. The lowest BCUT2D eigenvalue weighted by Crippen LogP contribution is -2.52. The van der Waals surface area contributed by atoms with Gasteiger partial charge in [0.15, 0.2) is 0 Å². The molecule has 0 aliphatic carbocycles. The van der Waals surface area contributed by atoms with E-state index in [2.05, 4.69) is 10.6 Å². The molecule has 1 fully saturated rings. The number of piperazine rings is 1. The van der Waals surface area contributed by atoms with Crippen LogP contribution in [0.1, 0.15) is 17.3 Å². The minimum Gasteiger partial charge on any atom is -0.352 e. The Balaban J connectivity index is 0.00000180. The van der Waals surface area contributed by atoms with Gasteiger partial charge in [-0.15, -0.1) is 23.7 Å². The predicted octanol–water partition coefficient (Wildman–Crippen LogP) is 0.779. The maximum absolute atomic E-state index is 12.1. The number of rotatable bonds is 4. The molecule has 0 aromatic carbocycles. The minimum atomic E-state index is -0.455. The highest BCUT2D eigenvalue weighted by Crippen LogP contribution is 2.27. The highest BCUT2D eigenvalue weighted by atomic mass is 35.5. The van der Waals surface area contributed by atoms with Gasteiger partial charge in [0.1, 0.15) is 6.04 Å². The number of nitrogens with one attached hydrogen (secondary N) is 2. The van der Waals surface area contributed by atoms with Crippen molar-refractivity contribution in [3.8, 4) is 0 Å². The van der Waals surface area contributed by atoms with Crippen LogP contribution in [0.5, 0.6) is 0 Å². The summed E-state index contributed by atoms with van der Waals surface area (Å²) >= 11 is 1.51. The standard InChI is InChI=1S/C12H17N3O2S.ClH/c1-13-5-4-10(16)15-7-6-14-12(17)11(15)9-3-2-8-18-9;/h2-3,8,11,13H,4-7H2,1H3,(H,14,17);1H. The molecule has 2 rings (SSSR count). The van der Waals surface area contributed by atoms with Crippen LogP contribution in [-0.2, 0) is 9.59 Å². The van der Waals surface area contributed by atoms with E-state index in [1.165, 1.54) is 11.3 Å². The minimum absolute atomic E-state index is 0. The molecule has 1 aromatic heterocycles. The van der Waals surface area contributed by atoms with Gasteiger partial charge in [-0.25, -0.2) is 0 Å². The highest BCUT2D eigenvalue weighted by molar-refractivity contribution is 7.10. The Kier molecular flexibility index (Phi) is 6.27. The maximum Gasteiger partial charge on any atom is 0.248 e. The van der Waals surface area contributed by atoms with Crippen LogP contribution >= 0.6 is 23.7 Å². The second-order valence-electron chi connectivity index (χ2n) is 4.15. The number of amides is 2. The molecule has 1 saturated heterocycles. The molecule has 0 bridgehead atoms. The van der Waals surface area contributed by atoms with E-state index < -0.39 is 6.04 Å². The van der Waals surface area contributed by atoms with Gasteiger partial charge in [-0.2, -0.15) is 0 Å². The second-order valence-corrected chi connectivity index (χ2v) is 5.13. The van der Waals surface area contributed by atoms with Crippen LogP contribution in [0.15, 0.2) is 17.5 Å². The van der Waals surface area contributed by atoms with E-state index in [0.717, 1.165) is 4.88 Å². The van der Waals surface area contributed by atoms with Crippen molar-refractivity contribution in [2.24, 2.45) is 0 Å². The third-order valence-electron chi connectivity index (χ3n) is 2.93. The smallest absolute Gasteiger partial charge is 0.248 e. The highest BCUT2D eigenvalue weighted by Gasteiger charge is 2.34. The zero-order valence-corrected chi connectivity index (χ0v) is 12.4.